The van der Waals surface area contributed by atoms with Crippen LogP contribution in [0.5, 0.6) is 5.75 Å². The van der Waals surface area contributed by atoms with Crippen LogP contribution in [0.3, 0.4) is 0 Å². The Balaban J connectivity index is 1.81. The highest BCUT2D eigenvalue weighted by atomic mass is 16.3. The van der Waals surface area contributed by atoms with Crippen molar-refractivity contribution in [3.05, 3.63) is 71.8 Å². The van der Waals surface area contributed by atoms with Crippen molar-refractivity contribution in [3.63, 3.8) is 0 Å². The summed E-state index contributed by atoms with van der Waals surface area (Å²) < 4.78 is 0. The molecular formula is C19H15NO2. The molecule has 0 aliphatic carbocycles. The number of fused-ring (bicyclic) bond motifs is 3. The van der Waals surface area contributed by atoms with Crippen LogP contribution >= 0.6 is 0 Å². The fourth-order valence-corrected chi connectivity index (χ4v) is 3.16. The summed E-state index contributed by atoms with van der Waals surface area (Å²) in [5.41, 5.74) is 2.56. The van der Waals surface area contributed by atoms with Crippen LogP contribution in [0.1, 0.15) is 28.4 Å². The van der Waals surface area contributed by atoms with Gasteiger partial charge in [-0.2, -0.15) is 0 Å². The first kappa shape index (κ1) is 12.9. The molecule has 0 spiro atoms. The zero-order valence-corrected chi connectivity index (χ0v) is 11.9. The number of hydrogen-bond acceptors (Lipinski definition) is 3. The van der Waals surface area contributed by atoms with Gasteiger partial charge in [0.15, 0.2) is 5.78 Å². The Hall–Kier alpha value is -2.81. The van der Waals surface area contributed by atoms with Gasteiger partial charge >= 0.3 is 0 Å². The number of anilines is 1. The zero-order chi connectivity index (χ0) is 15.1. The molecule has 0 radical (unpaired) electrons. The standard InChI is InChI=1S/C19H15NO2/c21-14-6-3-5-13(10-14)17-11-18(22)19-15-7-2-1-4-12(15)8-9-16(19)20-17/h1-10,17,20-21H,11H2. The molecule has 1 aliphatic rings. The second-order valence-corrected chi connectivity index (χ2v) is 5.63. The van der Waals surface area contributed by atoms with Crippen LogP contribution in [0.2, 0.25) is 0 Å². The Bertz CT molecular complexity index is 885. The first-order valence-electron chi connectivity index (χ1n) is 7.33. The lowest BCUT2D eigenvalue weighted by atomic mass is 9.89. The molecule has 4 rings (SSSR count). The maximum atomic E-state index is 12.7. The minimum atomic E-state index is -0.103. The van der Waals surface area contributed by atoms with Crippen LogP contribution < -0.4 is 5.32 Å². The third-order valence-electron chi connectivity index (χ3n) is 4.20. The maximum absolute atomic E-state index is 12.7. The summed E-state index contributed by atoms with van der Waals surface area (Å²) >= 11 is 0. The second-order valence-electron chi connectivity index (χ2n) is 5.63. The molecule has 1 unspecified atom stereocenters. The molecule has 1 atom stereocenters. The minimum absolute atomic E-state index is 0.103. The second kappa shape index (κ2) is 4.88. The van der Waals surface area contributed by atoms with Crippen molar-refractivity contribution in [1.29, 1.82) is 0 Å². The average molecular weight is 289 g/mol. The highest BCUT2D eigenvalue weighted by Gasteiger charge is 2.27. The van der Waals surface area contributed by atoms with E-state index in [4.69, 9.17) is 0 Å². The largest absolute Gasteiger partial charge is 0.508 e. The lowest BCUT2D eigenvalue weighted by Crippen LogP contribution is -2.23. The van der Waals surface area contributed by atoms with E-state index in [2.05, 4.69) is 5.32 Å². The van der Waals surface area contributed by atoms with Crippen LogP contribution in [0.15, 0.2) is 60.7 Å². The van der Waals surface area contributed by atoms with Gasteiger partial charge in [-0.15, -0.1) is 0 Å². The number of carbonyl (C=O) groups excluding carboxylic acids is 1. The molecule has 0 saturated carbocycles. The van der Waals surface area contributed by atoms with Crippen LogP contribution in [-0.4, -0.2) is 10.9 Å². The Labute approximate surface area is 128 Å². The van der Waals surface area contributed by atoms with Crippen LogP contribution in [0, 0.1) is 0 Å². The lowest BCUT2D eigenvalue weighted by molar-refractivity contribution is 0.0974. The lowest BCUT2D eigenvalue weighted by Gasteiger charge is -2.27. The van der Waals surface area contributed by atoms with E-state index < -0.39 is 0 Å². The smallest absolute Gasteiger partial charge is 0.167 e. The normalized spacial score (nSPS) is 17.1. The Kier molecular flexibility index (Phi) is 2.86. The molecule has 0 saturated heterocycles. The van der Waals surface area contributed by atoms with Crippen molar-refractivity contribution < 1.29 is 9.90 Å². The van der Waals surface area contributed by atoms with E-state index in [0.717, 1.165) is 27.6 Å². The molecule has 0 bridgehead atoms. The zero-order valence-electron chi connectivity index (χ0n) is 11.9. The van der Waals surface area contributed by atoms with Crippen LogP contribution in [-0.2, 0) is 0 Å². The number of nitrogens with one attached hydrogen (secondary N) is 1. The summed E-state index contributed by atoms with van der Waals surface area (Å²) in [6, 6.07) is 18.9. The van der Waals surface area contributed by atoms with Gasteiger partial charge in [0, 0.05) is 17.7 Å². The van der Waals surface area contributed by atoms with Gasteiger partial charge in [-0.3, -0.25) is 4.79 Å². The van der Waals surface area contributed by atoms with Crippen molar-refractivity contribution >= 4 is 22.2 Å². The fourth-order valence-electron chi connectivity index (χ4n) is 3.16. The molecule has 3 aromatic rings. The summed E-state index contributed by atoms with van der Waals surface area (Å²) in [7, 11) is 0. The number of aromatic hydroxyl groups is 1. The van der Waals surface area contributed by atoms with Crippen molar-refractivity contribution in [2.75, 3.05) is 5.32 Å². The first-order chi connectivity index (χ1) is 10.7. The predicted molar refractivity (Wildman–Crippen MR) is 87.4 cm³/mol. The minimum Gasteiger partial charge on any atom is -0.508 e. The molecule has 3 heteroatoms. The maximum Gasteiger partial charge on any atom is 0.167 e. The SMILES string of the molecule is O=C1CC(c2cccc(O)c2)Nc2ccc3ccccc3c21. The summed E-state index contributed by atoms with van der Waals surface area (Å²) in [5, 5.41) is 15.1. The van der Waals surface area contributed by atoms with E-state index in [1.165, 1.54) is 0 Å². The topological polar surface area (TPSA) is 49.3 Å². The Morgan fingerprint density at radius 3 is 2.73 bits per heavy atom. The molecule has 22 heavy (non-hydrogen) atoms. The number of phenols is 1. The number of ketones is 1. The molecule has 0 fully saturated rings. The molecular weight excluding hydrogens is 274 g/mol. The molecule has 0 amide bonds. The quantitative estimate of drug-likeness (QED) is 0.702. The number of Topliss-reactive ketones (excluding diaryl/α,β-unsaturated/α-hetero) is 1. The summed E-state index contributed by atoms with van der Waals surface area (Å²) in [4.78, 5) is 12.7. The summed E-state index contributed by atoms with van der Waals surface area (Å²) in [6.45, 7) is 0. The van der Waals surface area contributed by atoms with E-state index in [1.807, 2.05) is 42.5 Å². The van der Waals surface area contributed by atoms with Gasteiger partial charge in [0.25, 0.3) is 0 Å². The van der Waals surface area contributed by atoms with Gasteiger partial charge in [0.2, 0.25) is 0 Å². The molecule has 3 nitrogen and oxygen atoms in total. The van der Waals surface area contributed by atoms with Crippen molar-refractivity contribution in [1.82, 2.24) is 0 Å². The Morgan fingerprint density at radius 2 is 1.86 bits per heavy atom. The average Bonchev–Trinajstić information content (AvgIpc) is 2.54. The number of benzene rings is 3. The molecule has 1 aliphatic heterocycles. The summed E-state index contributed by atoms with van der Waals surface area (Å²) in [6.07, 6.45) is 0.393. The number of carbonyl (C=O) groups is 1. The van der Waals surface area contributed by atoms with Gasteiger partial charge in [-0.25, -0.2) is 0 Å². The van der Waals surface area contributed by atoms with Gasteiger partial charge in [-0.1, -0.05) is 42.5 Å². The van der Waals surface area contributed by atoms with E-state index >= 15 is 0 Å². The highest BCUT2D eigenvalue weighted by Crippen LogP contribution is 2.37. The molecule has 1 heterocycles. The number of hydrogen-bond donors (Lipinski definition) is 2. The van der Waals surface area contributed by atoms with Crippen molar-refractivity contribution in [3.8, 4) is 5.75 Å². The van der Waals surface area contributed by atoms with Crippen LogP contribution in [0.4, 0.5) is 5.69 Å². The van der Waals surface area contributed by atoms with Gasteiger partial charge in [0.05, 0.1) is 6.04 Å². The third kappa shape index (κ3) is 2.02. The highest BCUT2D eigenvalue weighted by molar-refractivity contribution is 6.14. The molecule has 0 aromatic heterocycles. The Morgan fingerprint density at radius 1 is 1.00 bits per heavy atom. The van der Waals surface area contributed by atoms with Crippen LogP contribution in [0.25, 0.3) is 10.8 Å². The monoisotopic (exact) mass is 289 g/mol. The first-order valence-corrected chi connectivity index (χ1v) is 7.33. The fraction of sp³-hybridized carbons (Fsp3) is 0.105. The predicted octanol–water partition coefficient (Wildman–Crippen LogP) is 4.29. The summed E-state index contributed by atoms with van der Waals surface area (Å²) in [5.74, 6) is 0.356. The molecule has 2 N–H and O–H groups in total. The number of rotatable bonds is 1. The third-order valence-corrected chi connectivity index (χ3v) is 4.20. The van der Waals surface area contributed by atoms with Gasteiger partial charge < -0.3 is 10.4 Å². The molecule has 3 aromatic carbocycles. The van der Waals surface area contributed by atoms with Crippen molar-refractivity contribution in [2.24, 2.45) is 0 Å². The molecule has 108 valence electrons. The number of phenolic OH excluding ortho intramolecular Hbond substituents is 1. The van der Waals surface area contributed by atoms with E-state index in [9.17, 15) is 9.90 Å². The van der Waals surface area contributed by atoms with E-state index in [0.29, 0.717) is 6.42 Å². The van der Waals surface area contributed by atoms with E-state index in [-0.39, 0.29) is 17.6 Å². The van der Waals surface area contributed by atoms with E-state index in [1.54, 1.807) is 18.2 Å². The van der Waals surface area contributed by atoms with Crippen molar-refractivity contribution in [2.45, 2.75) is 12.5 Å². The van der Waals surface area contributed by atoms with Gasteiger partial charge in [0.1, 0.15) is 5.75 Å². The van der Waals surface area contributed by atoms with Gasteiger partial charge in [-0.05, 0) is 34.5 Å².